The third kappa shape index (κ3) is 7.64. The van der Waals surface area contributed by atoms with Crippen molar-refractivity contribution >= 4 is 29.8 Å². The number of ether oxygens (including phenoxy) is 1. The smallest absolute Gasteiger partial charge is 0.287 e. The largest absolute Gasteiger partial charge is 0.494 e. The number of benzene rings is 3. The normalized spacial score (nSPS) is 11.2. The van der Waals surface area contributed by atoms with Gasteiger partial charge in [-0.2, -0.15) is 5.10 Å². The summed E-state index contributed by atoms with van der Waals surface area (Å²) in [5.41, 5.74) is 3.70. The van der Waals surface area contributed by atoms with E-state index in [0.29, 0.717) is 29.0 Å². The van der Waals surface area contributed by atoms with E-state index in [-0.39, 0.29) is 11.4 Å². The maximum absolute atomic E-state index is 12.8. The minimum absolute atomic E-state index is 0.0303. The summed E-state index contributed by atoms with van der Waals surface area (Å²) < 4.78 is 5.57. The standard InChI is InChI=1S/C26H24N4O5/c1-2-15-35-23-13-11-19(12-14-23)17-24(28-25(31)21-8-4-3-5-9-21)26(32)29-27-18-20-7-6-10-22(16-20)30(33)34/h3-14,16-18H,2,15H2,1H3,(H,28,31)(H,29,32)/b24-17-,27-18+. The van der Waals surface area contributed by atoms with Crippen LogP contribution in [0.5, 0.6) is 5.75 Å². The summed E-state index contributed by atoms with van der Waals surface area (Å²) in [4.78, 5) is 35.9. The van der Waals surface area contributed by atoms with E-state index in [0.717, 1.165) is 6.42 Å². The van der Waals surface area contributed by atoms with Crippen molar-refractivity contribution in [1.82, 2.24) is 10.7 Å². The maximum atomic E-state index is 12.8. The lowest BCUT2D eigenvalue weighted by molar-refractivity contribution is -0.384. The monoisotopic (exact) mass is 472 g/mol. The first-order valence-corrected chi connectivity index (χ1v) is 10.8. The van der Waals surface area contributed by atoms with Crippen molar-refractivity contribution in [2.75, 3.05) is 6.61 Å². The number of hydrogen-bond donors (Lipinski definition) is 2. The van der Waals surface area contributed by atoms with Crippen LogP contribution in [-0.2, 0) is 4.79 Å². The van der Waals surface area contributed by atoms with Gasteiger partial charge in [-0.25, -0.2) is 5.43 Å². The molecule has 0 unspecified atom stereocenters. The van der Waals surface area contributed by atoms with Crippen molar-refractivity contribution in [3.63, 3.8) is 0 Å². The first-order valence-electron chi connectivity index (χ1n) is 10.8. The Bertz CT molecular complexity index is 1240. The van der Waals surface area contributed by atoms with Gasteiger partial charge in [0.05, 0.1) is 17.7 Å². The molecule has 9 nitrogen and oxygen atoms in total. The van der Waals surface area contributed by atoms with Crippen LogP contribution in [0.25, 0.3) is 6.08 Å². The zero-order valence-corrected chi connectivity index (χ0v) is 19.0. The second-order valence-corrected chi connectivity index (χ2v) is 7.35. The maximum Gasteiger partial charge on any atom is 0.287 e. The number of hydrazone groups is 1. The Labute approximate surface area is 202 Å². The van der Waals surface area contributed by atoms with E-state index >= 15 is 0 Å². The molecule has 0 aliphatic heterocycles. The molecule has 0 atom stereocenters. The van der Waals surface area contributed by atoms with Crippen LogP contribution in [-0.4, -0.2) is 29.6 Å². The van der Waals surface area contributed by atoms with Gasteiger partial charge in [-0.1, -0.05) is 49.4 Å². The molecule has 3 rings (SSSR count). The van der Waals surface area contributed by atoms with Gasteiger partial charge in [-0.05, 0) is 42.3 Å². The highest BCUT2D eigenvalue weighted by atomic mass is 16.6. The zero-order chi connectivity index (χ0) is 25.0. The quantitative estimate of drug-likeness (QED) is 0.197. The number of carbonyl (C=O) groups excluding carboxylic acids is 2. The fraction of sp³-hybridized carbons (Fsp3) is 0.115. The van der Waals surface area contributed by atoms with Crippen molar-refractivity contribution in [3.8, 4) is 5.75 Å². The average molecular weight is 473 g/mol. The molecular formula is C26H24N4O5. The van der Waals surface area contributed by atoms with Gasteiger partial charge in [0, 0.05) is 23.3 Å². The number of nitrogens with one attached hydrogen (secondary N) is 2. The van der Waals surface area contributed by atoms with Crippen molar-refractivity contribution in [3.05, 3.63) is 111 Å². The third-order valence-electron chi connectivity index (χ3n) is 4.65. The van der Waals surface area contributed by atoms with Crippen molar-refractivity contribution in [1.29, 1.82) is 0 Å². The number of nitro groups is 1. The first-order chi connectivity index (χ1) is 17.0. The number of carbonyl (C=O) groups is 2. The fourth-order valence-electron chi connectivity index (χ4n) is 2.93. The predicted octanol–water partition coefficient (Wildman–Crippen LogP) is 4.30. The number of rotatable bonds is 10. The lowest BCUT2D eigenvalue weighted by Gasteiger charge is -2.10. The summed E-state index contributed by atoms with van der Waals surface area (Å²) in [6.45, 7) is 2.61. The Balaban J connectivity index is 1.79. The second kappa shape index (κ2) is 12.4. The minimum Gasteiger partial charge on any atom is -0.494 e. The van der Waals surface area contributed by atoms with E-state index in [9.17, 15) is 19.7 Å². The van der Waals surface area contributed by atoms with Crippen molar-refractivity contribution in [2.24, 2.45) is 5.10 Å². The molecule has 0 spiro atoms. The Morgan fingerprint density at radius 1 is 1.00 bits per heavy atom. The molecule has 3 aromatic rings. The molecular weight excluding hydrogens is 448 g/mol. The van der Waals surface area contributed by atoms with Gasteiger partial charge in [0.25, 0.3) is 17.5 Å². The molecule has 0 aromatic heterocycles. The van der Waals surface area contributed by atoms with E-state index in [4.69, 9.17) is 4.74 Å². The van der Waals surface area contributed by atoms with Crippen LogP contribution in [0, 0.1) is 10.1 Å². The van der Waals surface area contributed by atoms with Crippen LogP contribution in [0.2, 0.25) is 0 Å². The van der Waals surface area contributed by atoms with Crippen LogP contribution < -0.4 is 15.5 Å². The SMILES string of the molecule is CCCOc1ccc(/C=C(\NC(=O)c2ccccc2)C(=O)N/N=C/c2cccc([N+](=O)[O-])c2)cc1. The van der Waals surface area contributed by atoms with Crippen molar-refractivity contribution in [2.45, 2.75) is 13.3 Å². The molecule has 3 aromatic carbocycles. The number of nitro benzene ring substituents is 1. The van der Waals surface area contributed by atoms with Crippen LogP contribution in [0.1, 0.15) is 34.8 Å². The molecule has 2 amide bonds. The Morgan fingerprint density at radius 2 is 1.74 bits per heavy atom. The van der Waals surface area contributed by atoms with Crippen LogP contribution in [0.4, 0.5) is 5.69 Å². The number of amides is 2. The molecule has 0 aliphatic rings. The van der Waals surface area contributed by atoms with Crippen LogP contribution >= 0.6 is 0 Å². The van der Waals surface area contributed by atoms with Gasteiger partial charge in [0.2, 0.25) is 0 Å². The van der Waals surface area contributed by atoms with Gasteiger partial charge in [-0.3, -0.25) is 19.7 Å². The molecule has 178 valence electrons. The predicted molar refractivity (Wildman–Crippen MR) is 133 cm³/mol. The molecule has 35 heavy (non-hydrogen) atoms. The fourth-order valence-corrected chi connectivity index (χ4v) is 2.93. The summed E-state index contributed by atoms with van der Waals surface area (Å²) in [7, 11) is 0. The first kappa shape index (κ1) is 24.8. The molecule has 0 fully saturated rings. The lowest BCUT2D eigenvalue weighted by Crippen LogP contribution is -2.32. The highest BCUT2D eigenvalue weighted by Gasteiger charge is 2.14. The molecule has 0 radical (unpaired) electrons. The second-order valence-electron chi connectivity index (χ2n) is 7.35. The van der Waals surface area contributed by atoms with Gasteiger partial charge in [0.1, 0.15) is 11.4 Å². The Morgan fingerprint density at radius 3 is 2.43 bits per heavy atom. The van der Waals surface area contributed by atoms with Crippen LogP contribution in [0.3, 0.4) is 0 Å². The van der Waals surface area contributed by atoms with Crippen LogP contribution in [0.15, 0.2) is 89.7 Å². The zero-order valence-electron chi connectivity index (χ0n) is 19.0. The Kier molecular flexibility index (Phi) is 8.84. The molecule has 0 saturated heterocycles. The minimum atomic E-state index is -0.665. The number of non-ortho nitro benzene ring substituents is 1. The van der Waals surface area contributed by atoms with E-state index in [2.05, 4.69) is 15.8 Å². The molecule has 0 saturated carbocycles. The van der Waals surface area contributed by atoms with E-state index in [1.165, 1.54) is 30.5 Å². The summed E-state index contributed by atoms with van der Waals surface area (Å²) in [5, 5.41) is 17.4. The van der Waals surface area contributed by atoms with Gasteiger partial charge < -0.3 is 10.1 Å². The molecule has 9 heteroatoms. The summed E-state index contributed by atoms with van der Waals surface area (Å²) in [5.74, 6) is -0.426. The summed E-state index contributed by atoms with van der Waals surface area (Å²) >= 11 is 0. The number of nitrogens with zero attached hydrogens (tertiary/aromatic N) is 2. The van der Waals surface area contributed by atoms with Crippen molar-refractivity contribution < 1.29 is 19.2 Å². The topological polar surface area (TPSA) is 123 Å². The summed E-state index contributed by atoms with van der Waals surface area (Å²) in [6, 6.07) is 21.4. The van der Waals surface area contributed by atoms with E-state index in [1.54, 1.807) is 60.7 Å². The molecule has 0 bridgehead atoms. The summed E-state index contributed by atoms with van der Waals surface area (Å²) in [6.07, 6.45) is 3.68. The third-order valence-corrected chi connectivity index (χ3v) is 4.65. The highest BCUT2D eigenvalue weighted by Crippen LogP contribution is 2.15. The van der Waals surface area contributed by atoms with E-state index < -0.39 is 16.7 Å². The molecule has 2 N–H and O–H groups in total. The lowest BCUT2D eigenvalue weighted by atomic mass is 10.1. The molecule has 0 heterocycles. The average Bonchev–Trinajstić information content (AvgIpc) is 2.88. The van der Waals surface area contributed by atoms with Gasteiger partial charge in [0.15, 0.2) is 0 Å². The van der Waals surface area contributed by atoms with E-state index in [1.807, 2.05) is 6.92 Å². The Hall–Kier alpha value is -4.79. The van der Waals surface area contributed by atoms with Gasteiger partial charge >= 0.3 is 0 Å². The molecule has 0 aliphatic carbocycles. The number of hydrogen-bond acceptors (Lipinski definition) is 6. The van der Waals surface area contributed by atoms with Gasteiger partial charge in [-0.15, -0.1) is 0 Å². The highest BCUT2D eigenvalue weighted by molar-refractivity contribution is 6.05.